The summed E-state index contributed by atoms with van der Waals surface area (Å²) in [5.41, 5.74) is 2.65. The van der Waals surface area contributed by atoms with E-state index >= 15 is 0 Å². The van der Waals surface area contributed by atoms with Gasteiger partial charge in [0.15, 0.2) is 0 Å². The van der Waals surface area contributed by atoms with Crippen LogP contribution in [0.2, 0.25) is 0 Å². The van der Waals surface area contributed by atoms with Gasteiger partial charge in [-0.05, 0) is 43.9 Å². The molecule has 0 amide bonds. The van der Waals surface area contributed by atoms with E-state index < -0.39 is 0 Å². The van der Waals surface area contributed by atoms with Crippen LogP contribution in [0.15, 0.2) is 24.7 Å². The van der Waals surface area contributed by atoms with Crippen molar-refractivity contribution in [3.05, 3.63) is 41.7 Å². The maximum absolute atomic E-state index is 4.54. The summed E-state index contributed by atoms with van der Waals surface area (Å²) < 4.78 is 0. The van der Waals surface area contributed by atoms with Gasteiger partial charge in [0.25, 0.3) is 0 Å². The standard InChI is InChI=1S/C14H19N5/c1-4-11-5-2-9-16-14(11)12(6-1)15-8-3-7-13-17-10-18-19-13/h2,5,9-10,12,15H,1,3-4,6-8H2,(H,17,18,19). The Morgan fingerprint density at radius 2 is 2.37 bits per heavy atom. The van der Waals surface area contributed by atoms with Gasteiger partial charge < -0.3 is 5.32 Å². The highest BCUT2D eigenvalue weighted by Gasteiger charge is 2.20. The van der Waals surface area contributed by atoms with Crippen LogP contribution < -0.4 is 5.32 Å². The first kappa shape index (κ1) is 12.3. The normalized spacial score (nSPS) is 18.2. The lowest BCUT2D eigenvalue weighted by Gasteiger charge is -2.25. The minimum Gasteiger partial charge on any atom is -0.309 e. The molecule has 1 aliphatic rings. The molecule has 0 spiro atoms. The predicted molar refractivity (Wildman–Crippen MR) is 72.6 cm³/mol. The second-order valence-corrected chi connectivity index (χ2v) is 4.98. The number of aryl methyl sites for hydroxylation is 2. The van der Waals surface area contributed by atoms with E-state index in [4.69, 9.17) is 0 Å². The van der Waals surface area contributed by atoms with Crippen molar-refractivity contribution in [3.63, 3.8) is 0 Å². The summed E-state index contributed by atoms with van der Waals surface area (Å²) in [7, 11) is 0. The third-order valence-corrected chi connectivity index (χ3v) is 3.64. The largest absolute Gasteiger partial charge is 0.309 e. The zero-order chi connectivity index (χ0) is 12.9. The van der Waals surface area contributed by atoms with E-state index in [0.29, 0.717) is 6.04 Å². The zero-order valence-electron chi connectivity index (χ0n) is 11.0. The molecule has 2 heterocycles. The molecule has 1 unspecified atom stereocenters. The van der Waals surface area contributed by atoms with Crippen LogP contribution in [-0.4, -0.2) is 26.7 Å². The van der Waals surface area contributed by atoms with Crippen LogP contribution in [0.4, 0.5) is 0 Å². The Morgan fingerprint density at radius 1 is 1.37 bits per heavy atom. The molecule has 0 radical (unpaired) electrons. The monoisotopic (exact) mass is 257 g/mol. The van der Waals surface area contributed by atoms with Crippen LogP contribution in [-0.2, 0) is 12.8 Å². The van der Waals surface area contributed by atoms with Crippen LogP contribution in [0.25, 0.3) is 0 Å². The fourth-order valence-corrected chi connectivity index (χ4v) is 2.69. The number of aromatic nitrogens is 4. The molecular weight excluding hydrogens is 238 g/mol. The average Bonchev–Trinajstić information content (AvgIpc) is 2.97. The van der Waals surface area contributed by atoms with Crippen LogP contribution in [0.5, 0.6) is 0 Å². The van der Waals surface area contributed by atoms with Gasteiger partial charge >= 0.3 is 0 Å². The van der Waals surface area contributed by atoms with Crippen LogP contribution >= 0.6 is 0 Å². The summed E-state index contributed by atoms with van der Waals surface area (Å²) in [5, 5.41) is 10.4. The molecule has 19 heavy (non-hydrogen) atoms. The number of nitrogens with zero attached hydrogens (tertiary/aromatic N) is 3. The summed E-state index contributed by atoms with van der Waals surface area (Å²) in [6.45, 7) is 0.987. The number of H-pyrrole nitrogens is 1. The SMILES string of the molecule is c1cnc2c(c1)CCCC2NCCCc1ncn[nH]1. The van der Waals surface area contributed by atoms with Crippen molar-refractivity contribution in [3.8, 4) is 0 Å². The molecule has 2 N–H and O–H groups in total. The molecular formula is C14H19N5. The lowest BCUT2D eigenvalue weighted by molar-refractivity contribution is 0.444. The number of nitrogens with one attached hydrogen (secondary N) is 2. The molecule has 2 aromatic heterocycles. The van der Waals surface area contributed by atoms with Crippen molar-refractivity contribution in [2.75, 3.05) is 6.54 Å². The molecule has 5 heteroatoms. The molecule has 1 aliphatic carbocycles. The molecule has 0 fully saturated rings. The number of hydrogen-bond donors (Lipinski definition) is 2. The van der Waals surface area contributed by atoms with Gasteiger partial charge in [0.1, 0.15) is 12.2 Å². The first-order valence-electron chi connectivity index (χ1n) is 6.95. The topological polar surface area (TPSA) is 66.5 Å². The van der Waals surface area contributed by atoms with E-state index in [0.717, 1.165) is 25.2 Å². The molecule has 2 aromatic rings. The number of pyridine rings is 1. The van der Waals surface area contributed by atoms with E-state index in [9.17, 15) is 0 Å². The smallest absolute Gasteiger partial charge is 0.137 e. The van der Waals surface area contributed by atoms with Gasteiger partial charge in [-0.25, -0.2) is 4.98 Å². The first-order chi connectivity index (χ1) is 9.43. The first-order valence-corrected chi connectivity index (χ1v) is 6.95. The van der Waals surface area contributed by atoms with Crippen molar-refractivity contribution < 1.29 is 0 Å². The number of hydrogen-bond acceptors (Lipinski definition) is 4. The highest BCUT2D eigenvalue weighted by atomic mass is 15.2. The summed E-state index contributed by atoms with van der Waals surface area (Å²) in [5.74, 6) is 0.962. The molecule has 0 saturated carbocycles. The van der Waals surface area contributed by atoms with Crippen molar-refractivity contribution in [2.24, 2.45) is 0 Å². The lowest BCUT2D eigenvalue weighted by atomic mass is 9.92. The molecule has 100 valence electrons. The average molecular weight is 257 g/mol. The number of rotatable bonds is 5. The molecule has 0 bridgehead atoms. The molecule has 0 aliphatic heterocycles. The molecule has 5 nitrogen and oxygen atoms in total. The maximum atomic E-state index is 4.54. The van der Waals surface area contributed by atoms with Gasteiger partial charge in [-0.1, -0.05) is 6.07 Å². The Bertz CT molecular complexity index is 508. The third-order valence-electron chi connectivity index (χ3n) is 3.64. The van der Waals surface area contributed by atoms with E-state index in [1.807, 2.05) is 12.3 Å². The molecule has 1 atom stereocenters. The van der Waals surface area contributed by atoms with Gasteiger partial charge in [-0.2, -0.15) is 5.10 Å². The molecule has 0 saturated heterocycles. The molecule has 3 rings (SSSR count). The zero-order valence-corrected chi connectivity index (χ0v) is 11.0. The quantitative estimate of drug-likeness (QED) is 0.802. The third kappa shape index (κ3) is 2.98. The summed E-state index contributed by atoms with van der Waals surface area (Å²) >= 11 is 0. The van der Waals surface area contributed by atoms with E-state index in [1.54, 1.807) is 6.33 Å². The van der Waals surface area contributed by atoms with Gasteiger partial charge in [-0.15, -0.1) is 0 Å². The van der Waals surface area contributed by atoms with E-state index in [1.165, 1.54) is 30.5 Å². The van der Waals surface area contributed by atoms with E-state index in [2.05, 4.69) is 31.5 Å². The van der Waals surface area contributed by atoms with Crippen molar-refractivity contribution in [1.82, 2.24) is 25.5 Å². The number of fused-ring (bicyclic) bond motifs is 1. The maximum Gasteiger partial charge on any atom is 0.137 e. The summed E-state index contributed by atoms with van der Waals surface area (Å²) in [6.07, 6.45) is 9.06. The van der Waals surface area contributed by atoms with Crippen LogP contribution in [0.3, 0.4) is 0 Å². The fraction of sp³-hybridized carbons (Fsp3) is 0.500. The van der Waals surface area contributed by atoms with Gasteiger partial charge in [0, 0.05) is 18.7 Å². The van der Waals surface area contributed by atoms with Crippen molar-refractivity contribution >= 4 is 0 Å². The Labute approximate surface area is 112 Å². The van der Waals surface area contributed by atoms with E-state index in [-0.39, 0.29) is 0 Å². The predicted octanol–water partition coefficient (Wildman–Crippen LogP) is 1.80. The summed E-state index contributed by atoms with van der Waals surface area (Å²) in [4.78, 5) is 8.67. The Balaban J connectivity index is 1.51. The number of aromatic amines is 1. The van der Waals surface area contributed by atoms with Crippen LogP contribution in [0, 0.1) is 0 Å². The van der Waals surface area contributed by atoms with Crippen molar-refractivity contribution in [2.45, 2.75) is 38.1 Å². The minimum absolute atomic E-state index is 0.416. The van der Waals surface area contributed by atoms with Crippen LogP contribution in [0.1, 0.15) is 42.4 Å². The Morgan fingerprint density at radius 3 is 3.26 bits per heavy atom. The Hall–Kier alpha value is -1.75. The highest BCUT2D eigenvalue weighted by molar-refractivity contribution is 5.25. The van der Waals surface area contributed by atoms with Crippen molar-refractivity contribution in [1.29, 1.82) is 0 Å². The Kier molecular flexibility index (Phi) is 3.83. The van der Waals surface area contributed by atoms with Gasteiger partial charge in [0.05, 0.1) is 5.69 Å². The molecule has 0 aromatic carbocycles. The minimum atomic E-state index is 0.416. The lowest BCUT2D eigenvalue weighted by Crippen LogP contribution is -2.27. The van der Waals surface area contributed by atoms with Gasteiger partial charge in [0.2, 0.25) is 0 Å². The highest BCUT2D eigenvalue weighted by Crippen LogP contribution is 2.27. The fourth-order valence-electron chi connectivity index (χ4n) is 2.69. The second-order valence-electron chi connectivity index (χ2n) is 4.98. The van der Waals surface area contributed by atoms with Gasteiger partial charge in [-0.3, -0.25) is 10.1 Å². The second kappa shape index (κ2) is 5.93. The summed E-state index contributed by atoms with van der Waals surface area (Å²) in [6, 6.07) is 4.65.